The number of esters is 2. The zero-order chi connectivity index (χ0) is 17.9. The second-order valence-corrected chi connectivity index (χ2v) is 7.61. The Labute approximate surface area is 139 Å². The Morgan fingerprint density at radius 3 is 2.13 bits per heavy atom. The Morgan fingerprint density at radius 2 is 1.74 bits per heavy atom. The van der Waals surface area contributed by atoms with E-state index in [9.17, 15) is 9.59 Å². The van der Waals surface area contributed by atoms with E-state index in [-0.39, 0.29) is 6.61 Å². The average molecular weight is 329 g/mol. The molecule has 1 unspecified atom stereocenters. The van der Waals surface area contributed by atoms with E-state index in [0.29, 0.717) is 13.0 Å². The highest BCUT2D eigenvalue weighted by molar-refractivity contribution is 6.02. The molecule has 0 radical (unpaired) electrons. The summed E-state index contributed by atoms with van der Waals surface area (Å²) < 4.78 is 16.6. The Kier molecular flexibility index (Phi) is 6.21. The van der Waals surface area contributed by atoms with E-state index >= 15 is 0 Å². The molecule has 1 heterocycles. The van der Waals surface area contributed by atoms with Gasteiger partial charge in [-0.25, -0.2) is 0 Å². The zero-order valence-corrected chi connectivity index (χ0v) is 15.2. The first-order chi connectivity index (χ1) is 10.5. The zero-order valence-electron chi connectivity index (χ0n) is 15.2. The van der Waals surface area contributed by atoms with Gasteiger partial charge in [0, 0.05) is 12.1 Å². The maximum atomic E-state index is 13.1. The third-order valence-corrected chi connectivity index (χ3v) is 4.00. The summed E-state index contributed by atoms with van der Waals surface area (Å²) in [5.41, 5.74) is 2.70. The molecule has 0 spiro atoms. The fourth-order valence-corrected chi connectivity index (χ4v) is 2.97. The van der Waals surface area contributed by atoms with E-state index in [1.807, 2.05) is 0 Å². The van der Waals surface area contributed by atoms with Crippen molar-refractivity contribution in [1.29, 1.82) is 0 Å². The summed E-state index contributed by atoms with van der Waals surface area (Å²) >= 11 is 0. The van der Waals surface area contributed by atoms with E-state index in [1.54, 1.807) is 41.5 Å². The second-order valence-electron chi connectivity index (χ2n) is 7.61. The minimum Gasteiger partial charge on any atom is -0.465 e. The SMILES string of the molecule is CCOC(=O)[C@](C(=O)OC(C)(C)C)(C1CCCCO1)C(C)(C)N. The number of hydrogen-bond donors (Lipinski definition) is 1. The maximum absolute atomic E-state index is 13.1. The summed E-state index contributed by atoms with van der Waals surface area (Å²) in [5, 5.41) is 0. The Morgan fingerprint density at radius 1 is 1.13 bits per heavy atom. The van der Waals surface area contributed by atoms with Crippen molar-refractivity contribution in [2.24, 2.45) is 11.1 Å². The van der Waals surface area contributed by atoms with Crippen molar-refractivity contribution < 1.29 is 23.8 Å². The highest BCUT2D eigenvalue weighted by Crippen LogP contribution is 2.42. The minimum absolute atomic E-state index is 0.159. The standard InChI is InChI=1S/C17H31NO5/c1-7-21-13(19)17(16(5,6)18,12-10-8-9-11-22-12)14(20)23-15(2,3)4/h12H,7-11,18H2,1-6H3/t12?,17-/m0/s1. The molecule has 6 heteroatoms. The van der Waals surface area contributed by atoms with Crippen LogP contribution in [-0.2, 0) is 23.8 Å². The van der Waals surface area contributed by atoms with Crippen molar-refractivity contribution in [3.8, 4) is 0 Å². The van der Waals surface area contributed by atoms with Crippen LogP contribution in [0.2, 0.25) is 0 Å². The lowest BCUT2D eigenvalue weighted by Crippen LogP contribution is -2.68. The van der Waals surface area contributed by atoms with Crippen LogP contribution in [0.3, 0.4) is 0 Å². The number of rotatable bonds is 5. The normalized spacial score (nSPS) is 22.1. The van der Waals surface area contributed by atoms with Crippen LogP contribution in [-0.4, -0.2) is 42.4 Å². The predicted molar refractivity (Wildman–Crippen MR) is 86.8 cm³/mol. The molecule has 2 atom stereocenters. The molecular weight excluding hydrogens is 298 g/mol. The first-order valence-corrected chi connectivity index (χ1v) is 8.28. The van der Waals surface area contributed by atoms with E-state index < -0.39 is 34.6 Å². The van der Waals surface area contributed by atoms with Gasteiger partial charge in [-0.1, -0.05) is 0 Å². The molecule has 0 aromatic rings. The van der Waals surface area contributed by atoms with Gasteiger partial charge in [0.25, 0.3) is 0 Å². The minimum atomic E-state index is -1.68. The van der Waals surface area contributed by atoms with Crippen molar-refractivity contribution in [3.63, 3.8) is 0 Å². The van der Waals surface area contributed by atoms with Crippen LogP contribution < -0.4 is 5.73 Å². The van der Waals surface area contributed by atoms with Crippen molar-refractivity contribution in [3.05, 3.63) is 0 Å². The summed E-state index contributed by atoms with van der Waals surface area (Å²) in [4.78, 5) is 25.9. The largest absolute Gasteiger partial charge is 0.465 e. The van der Waals surface area contributed by atoms with Crippen molar-refractivity contribution in [2.75, 3.05) is 13.2 Å². The van der Waals surface area contributed by atoms with E-state index in [4.69, 9.17) is 19.9 Å². The van der Waals surface area contributed by atoms with E-state index in [0.717, 1.165) is 12.8 Å². The van der Waals surface area contributed by atoms with Crippen LogP contribution in [0.1, 0.15) is 60.8 Å². The smallest absolute Gasteiger partial charge is 0.328 e. The van der Waals surface area contributed by atoms with Gasteiger partial charge in [0.2, 0.25) is 5.41 Å². The van der Waals surface area contributed by atoms with E-state index in [2.05, 4.69) is 0 Å². The number of carbonyl (C=O) groups excluding carboxylic acids is 2. The van der Waals surface area contributed by atoms with E-state index in [1.165, 1.54) is 0 Å². The molecule has 2 N–H and O–H groups in total. The molecule has 6 nitrogen and oxygen atoms in total. The molecule has 1 fully saturated rings. The Hall–Kier alpha value is -1.14. The fraction of sp³-hybridized carbons (Fsp3) is 0.882. The molecule has 1 rings (SSSR count). The van der Waals surface area contributed by atoms with Gasteiger partial charge < -0.3 is 19.9 Å². The molecular formula is C17H31NO5. The van der Waals surface area contributed by atoms with Crippen LogP contribution in [0.4, 0.5) is 0 Å². The number of ether oxygens (including phenoxy) is 3. The van der Waals surface area contributed by atoms with Crippen molar-refractivity contribution in [2.45, 2.75) is 78.0 Å². The molecule has 1 saturated heterocycles. The predicted octanol–water partition coefficient (Wildman–Crippen LogP) is 2.18. The summed E-state index contributed by atoms with van der Waals surface area (Å²) in [5.74, 6) is -1.35. The van der Waals surface area contributed by atoms with Gasteiger partial charge in [-0.15, -0.1) is 0 Å². The van der Waals surface area contributed by atoms with Crippen LogP contribution in [0, 0.1) is 5.41 Å². The van der Waals surface area contributed by atoms with Crippen molar-refractivity contribution >= 4 is 11.9 Å². The second kappa shape index (κ2) is 7.18. The first-order valence-electron chi connectivity index (χ1n) is 8.28. The monoisotopic (exact) mass is 329 g/mol. The van der Waals surface area contributed by atoms with Crippen molar-refractivity contribution in [1.82, 2.24) is 0 Å². The van der Waals surface area contributed by atoms with Gasteiger partial charge in [0.05, 0.1) is 12.7 Å². The lowest BCUT2D eigenvalue weighted by atomic mass is 9.66. The molecule has 0 bridgehead atoms. The fourth-order valence-electron chi connectivity index (χ4n) is 2.97. The number of nitrogens with two attached hydrogens (primary N) is 1. The molecule has 1 aliphatic heterocycles. The van der Waals surface area contributed by atoms with Gasteiger partial charge >= 0.3 is 11.9 Å². The average Bonchev–Trinajstić information content (AvgIpc) is 2.37. The molecule has 0 saturated carbocycles. The summed E-state index contributed by atoms with van der Waals surface area (Å²) in [6.45, 7) is 10.9. The molecule has 134 valence electrons. The lowest BCUT2D eigenvalue weighted by molar-refractivity contribution is -0.202. The number of carbonyl (C=O) groups is 2. The summed E-state index contributed by atoms with van der Waals surface area (Å²) in [7, 11) is 0. The third kappa shape index (κ3) is 4.23. The molecule has 23 heavy (non-hydrogen) atoms. The number of hydrogen-bond acceptors (Lipinski definition) is 6. The Balaban J connectivity index is 3.39. The molecule has 0 aromatic heterocycles. The quantitative estimate of drug-likeness (QED) is 0.614. The van der Waals surface area contributed by atoms with Crippen LogP contribution >= 0.6 is 0 Å². The third-order valence-electron chi connectivity index (χ3n) is 4.00. The topological polar surface area (TPSA) is 87.9 Å². The maximum Gasteiger partial charge on any atom is 0.328 e. The van der Waals surface area contributed by atoms with Gasteiger partial charge in [-0.2, -0.15) is 0 Å². The first kappa shape index (κ1) is 19.9. The molecule has 1 aliphatic rings. The summed E-state index contributed by atoms with van der Waals surface area (Å²) in [6.07, 6.45) is 1.68. The van der Waals surface area contributed by atoms with Gasteiger partial charge in [-0.05, 0) is 60.8 Å². The molecule has 0 amide bonds. The van der Waals surface area contributed by atoms with Crippen LogP contribution in [0.15, 0.2) is 0 Å². The highest BCUT2D eigenvalue weighted by Gasteiger charge is 2.64. The molecule has 0 aliphatic carbocycles. The Bertz CT molecular complexity index is 429. The lowest BCUT2D eigenvalue weighted by Gasteiger charge is -2.46. The summed E-state index contributed by atoms with van der Waals surface area (Å²) in [6, 6.07) is 0. The highest BCUT2D eigenvalue weighted by atomic mass is 16.6. The van der Waals surface area contributed by atoms with Crippen LogP contribution in [0.5, 0.6) is 0 Å². The van der Waals surface area contributed by atoms with Crippen LogP contribution in [0.25, 0.3) is 0 Å². The molecule has 0 aromatic carbocycles. The van der Waals surface area contributed by atoms with Gasteiger partial charge in [0.1, 0.15) is 5.60 Å². The van der Waals surface area contributed by atoms with Gasteiger partial charge in [0.15, 0.2) is 0 Å². The van der Waals surface area contributed by atoms with Gasteiger partial charge in [-0.3, -0.25) is 9.59 Å².